The van der Waals surface area contributed by atoms with E-state index in [1.807, 2.05) is 18.2 Å². The maximum absolute atomic E-state index is 6.22. The highest BCUT2D eigenvalue weighted by molar-refractivity contribution is 6.32. The molecule has 0 atom stereocenters. The number of ether oxygens (including phenoxy) is 1. The largest absolute Gasteiger partial charge is 0.484 e. The Balaban J connectivity index is 1.95. The van der Waals surface area contributed by atoms with E-state index in [0.29, 0.717) is 23.1 Å². The zero-order valence-corrected chi connectivity index (χ0v) is 12.7. The molecule has 4 nitrogen and oxygen atoms in total. The molecule has 2 aromatic rings. The second kappa shape index (κ2) is 6.29. The van der Waals surface area contributed by atoms with Gasteiger partial charge in [0.05, 0.1) is 11.2 Å². The molecule has 0 aliphatic carbocycles. The standard InChI is InChI=1S/C15H19ClN2O2/c1-15(2,3)17-9-11-4-5-14(13(16)8-11)19-10-12-6-7-18-20-12/h4-8,17H,9-10H2,1-3H3. The lowest BCUT2D eigenvalue weighted by atomic mass is 10.1. The molecule has 0 saturated heterocycles. The monoisotopic (exact) mass is 294 g/mol. The van der Waals surface area contributed by atoms with Crippen molar-refractivity contribution < 1.29 is 9.26 Å². The fraction of sp³-hybridized carbons (Fsp3) is 0.400. The van der Waals surface area contributed by atoms with E-state index in [4.69, 9.17) is 20.9 Å². The van der Waals surface area contributed by atoms with Gasteiger partial charge in [-0.05, 0) is 38.5 Å². The van der Waals surface area contributed by atoms with Crippen molar-refractivity contribution in [2.45, 2.75) is 39.5 Å². The van der Waals surface area contributed by atoms with E-state index in [1.54, 1.807) is 12.3 Å². The molecule has 1 aromatic heterocycles. The molecule has 0 spiro atoms. The topological polar surface area (TPSA) is 47.3 Å². The Labute approximate surface area is 124 Å². The molecule has 5 heteroatoms. The third-order valence-corrected chi connectivity index (χ3v) is 2.98. The van der Waals surface area contributed by atoms with Crippen molar-refractivity contribution in [3.63, 3.8) is 0 Å². The first-order valence-electron chi connectivity index (χ1n) is 6.50. The molecule has 2 rings (SSSR count). The first-order valence-corrected chi connectivity index (χ1v) is 6.88. The van der Waals surface area contributed by atoms with Gasteiger partial charge in [-0.2, -0.15) is 0 Å². The average Bonchev–Trinajstić information content (AvgIpc) is 2.87. The summed E-state index contributed by atoms with van der Waals surface area (Å²) in [6.07, 6.45) is 1.58. The van der Waals surface area contributed by atoms with E-state index in [2.05, 4.69) is 31.2 Å². The molecule has 1 aromatic carbocycles. The van der Waals surface area contributed by atoms with Gasteiger partial charge in [0.1, 0.15) is 12.4 Å². The molecule has 0 amide bonds. The average molecular weight is 295 g/mol. The van der Waals surface area contributed by atoms with Crippen LogP contribution in [0.5, 0.6) is 5.75 Å². The van der Waals surface area contributed by atoms with Crippen molar-refractivity contribution >= 4 is 11.6 Å². The summed E-state index contributed by atoms with van der Waals surface area (Å²) >= 11 is 6.22. The summed E-state index contributed by atoms with van der Waals surface area (Å²) in [4.78, 5) is 0. The summed E-state index contributed by atoms with van der Waals surface area (Å²) in [6, 6.07) is 7.55. The molecule has 1 heterocycles. The highest BCUT2D eigenvalue weighted by Gasteiger charge is 2.10. The zero-order valence-electron chi connectivity index (χ0n) is 11.9. The van der Waals surface area contributed by atoms with Gasteiger partial charge >= 0.3 is 0 Å². The Morgan fingerprint density at radius 2 is 2.10 bits per heavy atom. The number of aromatic nitrogens is 1. The minimum absolute atomic E-state index is 0.0773. The Bertz CT molecular complexity index is 547. The highest BCUT2D eigenvalue weighted by Crippen LogP contribution is 2.26. The Kier molecular flexibility index (Phi) is 4.68. The van der Waals surface area contributed by atoms with E-state index >= 15 is 0 Å². The summed E-state index contributed by atoms with van der Waals surface area (Å²) in [5, 5.41) is 7.63. The van der Waals surface area contributed by atoms with Crippen LogP contribution in [-0.4, -0.2) is 10.7 Å². The van der Waals surface area contributed by atoms with Crippen LogP contribution < -0.4 is 10.1 Å². The molecular formula is C15H19ClN2O2. The summed E-state index contributed by atoms with van der Waals surface area (Å²) < 4.78 is 10.6. The normalized spacial score (nSPS) is 11.6. The van der Waals surface area contributed by atoms with Gasteiger partial charge in [-0.25, -0.2) is 0 Å². The maximum Gasteiger partial charge on any atom is 0.174 e. The quantitative estimate of drug-likeness (QED) is 0.911. The van der Waals surface area contributed by atoms with Crippen LogP contribution in [0.2, 0.25) is 5.02 Å². The lowest BCUT2D eigenvalue weighted by Gasteiger charge is -2.20. The predicted octanol–water partition coefficient (Wildman–Crippen LogP) is 3.80. The number of hydrogen-bond acceptors (Lipinski definition) is 4. The molecule has 0 bridgehead atoms. The fourth-order valence-electron chi connectivity index (χ4n) is 1.60. The van der Waals surface area contributed by atoms with Crippen LogP contribution in [0.1, 0.15) is 32.1 Å². The number of halogens is 1. The van der Waals surface area contributed by atoms with E-state index in [0.717, 1.165) is 12.1 Å². The van der Waals surface area contributed by atoms with Gasteiger partial charge in [-0.1, -0.05) is 22.8 Å². The van der Waals surface area contributed by atoms with Gasteiger partial charge in [-0.3, -0.25) is 0 Å². The molecule has 1 N–H and O–H groups in total. The van der Waals surface area contributed by atoms with Crippen molar-refractivity contribution in [1.29, 1.82) is 0 Å². The number of hydrogen-bond donors (Lipinski definition) is 1. The highest BCUT2D eigenvalue weighted by atomic mass is 35.5. The SMILES string of the molecule is CC(C)(C)NCc1ccc(OCc2ccno2)c(Cl)c1. The number of benzene rings is 1. The molecule has 0 fully saturated rings. The fourth-order valence-corrected chi connectivity index (χ4v) is 1.86. The predicted molar refractivity (Wildman–Crippen MR) is 78.9 cm³/mol. The molecular weight excluding hydrogens is 276 g/mol. The van der Waals surface area contributed by atoms with Crippen LogP contribution >= 0.6 is 11.6 Å². The lowest BCUT2D eigenvalue weighted by molar-refractivity contribution is 0.249. The molecule has 0 unspecified atom stereocenters. The van der Waals surface area contributed by atoms with Gasteiger partial charge in [-0.15, -0.1) is 0 Å². The van der Waals surface area contributed by atoms with E-state index < -0.39 is 0 Å². The van der Waals surface area contributed by atoms with Gasteiger partial charge in [0.25, 0.3) is 0 Å². The Morgan fingerprint density at radius 1 is 1.30 bits per heavy atom. The molecule has 0 aliphatic heterocycles. The maximum atomic E-state index is 6.22. The first-order chi connectivity index (χ1) is 9.44. The third-order valence-electron chi connectivity index (χ3n) is 2.68. The molecule has 0 saturated carbocycles. The van der Waals surface area contributed by atoms with Gasteiger partial charge in [0.15, 0.2) is 5.76 Å². The summed E-state index contributed by atoms with van der Waals surface area (Å²) in [7, 11) is 0. The van der Waals surface area contributed by atoms with Crippen LogP contribution in [0.25, 0.3) is 0 Å². The van der Waals surface area contributed by atoms with Crippen molar-refractivity contribution in [3.05, 3.63) is 46.8 Å². The van der Waals surface area contributed by atoms with E-state index in [9.17, 15) is 0 Å². The molecule has 0 aliphatic rings. The number of nitrogens with zero attached hydrogens (tertiary/aromatic N) is 1. The van der Waals surface area contributed by atoms with E-state index in [1.165, 1.54) is 0 Å². The summed E-state index contributed by atoms with van der Waals surface area (Å²) in [5.41, 5.74) is 1.20. The van der Waals surface area contributed by atoms with Crippen LogP contribution in [0, 0.1) is 0 Å². The Hall–Kier alpha value is -1.52. The molecule has 20 heavy (non-hydrogen) atoms. The molecule has 108 valence electrons. The van der Waals surface area contributed by atoms with Crippen molar-refractivity contribution in [2.24, 2.45) is 0 Å². The van der Waals surface area contributed by atoms with Gasteiger partial charge in [0.2, 0.25) is 0 Å². The smallest absolute Gasteiger partial charge is 0.174 e. The third kappa shape index (κ3) is 4.54. The first kappa shape index (κ1) is 14.9. The van der Waals surface area contributed by atoms with Crippen LogP contribution in [0.3, 0.4) is 0 Å². The number of nitrogens with one attached hydrogen (secondary N) is 1. The summed E-state index contributed by atoms with van der Waals surface area (Å²) in [6.45, 7) is 7.47. The zero-order chi connectivity index (χ0) is 14.6. The van der Waals surface area contributed by atoms with Crippen LogP contribution in [0.4, 0.5) is 0 Å². The second-order valence-electron chi connectivity index (χ2n) is 5.64. The van der Waals surface area contributed by atoms with Crippen LogP contribution in [0.15, 0.2) is 35.0 Å². The van der Waals surface area contributed by atoms with Crippen molar-refractivity contribution in [3.8, 4) is 5.75 Å². The minimum Gasteiger partial charge on any atom is -0.484 e. The van der Waals surface area contributed by atoms with Crippen molar-refractivity contribution in [1.82, 2.24) is 10.5 Å². The summed E-state index contributed by atoms with van der Waals surface area (Å²) in [5.74, 6) is 1.31. The van der Waals surface area contributed by atoms with E-state index in [-0.39, 0.29) is 5.54 Å². The van der Waals surface area contributed by atoms with Crippen molar-refractivity contribution in [2.75, 3.05) is 0 Å². The Morgan fingerprint density at radius 3 is 2.70 bits per heavy atom. The number of rotatable bonds is 5. The second-order valence-corrected chi connectivity index (χ2v) is 6.04. The molecule has 0 radical (unpaired) electrons. The van der Waals surface area contributed by atoms with Crippen LogP contribution in [-0.2, 0) is 13.2 Å². The lowest BCUT2D eigenvalue weighted by Crippen LogP contribution is -2.35. The van der Waals surface area contributed by atoms with Gasteiger partial charge in [0, 0.05) is 18.2 Å². The van der Waals surface area contributed by atoms with Gasteiger partial charge < -0.3 is 14.6 Å². The minimum atomic E-state index is 0.0773.